The molecule has 0 spiro atoms. The molecule has 1 heterocycles. The molecule has 114 valence electrons. The second-order valence-electron chi connectivity index (χ2n) is 4.70. The minimum absolute atomic E-state index is 0.118. The minimum Gasteiger partial charge on any atom is -0.480 e. The van der Waals surface area contributed by atoms with Crippen LogP contribution in [-0.4, -0.2) is 35.9 Å². The predicted octanol–water partition coefficient (Wildman–Crippen LogP) is 2.23. The van der Waals surface area contributed by atoms with E-state index in [9.17, 15) is 19.1 Å². The van der Waals surface area contributed by atoms with E-state index >= 15 is 0 Å². The van der Waals surface area contributed by atoms with E-state index in [2.05, 4.69) is 10.6 Å². The quantitative estimate of drug-likeness (QED) is 0.798. The zero-order chi connectivity index (χ0) is 15.5. The van der Waals surface area contributed by atoms with Gasteiger partial charge in [0.25, 0.3) is 0 Å². The standard InChI is InChI=1S/C13H14ClFN2O4/c14-8-1-2-9(15)10(7-8)16-12(20)17-13(11(18)19)3-5-21-6-4-13/h1-2,7H,3-6H2,(H,18,19)(H2,16,17,20). The number of carbonyl (C=O) groups excluding carboxylic acids is 1. The van der Waals surface area contributed by atoms with Crippen molar-refractivity contribution in [2.45, 2.75) is 18.4 Å². The fourth-order valence-corrected chi connectivity index (χ4v) is 2.25. The van der Waals surface area contributed by atoms with Crippen LogP contribution in [0.2, 0.25) is 5.02 Å². The summed E-state index contributed by atoms with van der Waals surface area (Å²) in [5.74, 6) is -1.81. The van der Waals surface area contributed by atoms with Crippen molar-refractivity contribution in [1.29, 1.82) is 0 Å². The lowest BCUT2D eigenvalue weighted by Gasteiger charge is -2.33. The highest BCUT2D eigenvalue weighted by Gasteiger charge is 2.41. The Morgan fingerprint density at radius 2 is 2.00 bits per heavy atom. The van der Waals surface area contributed by atoms with Gasteiger partial charge in [-0.2, -0.15) is 0 Å². The number of amides is 2. The normalized spacial score (nSPS) is 17.0. The number of aliphatic carboxylic acids is 1. The molecule has 8 heteroatoms. The van der Waals surface area contributed by atoms with Crippen molar-refractivity contribution in [3.05, 3.63) is 29.0 Å². The molecule has 0 aliphatic carbocycles. The average Bonchev–Trinajstić information content (AvgIpc) is 2.43. The van der Waals surface area contributed by atoms with Gasteiger partial charge in [-0.1, -0.05) is 11.6 Å². The van der Waals surface area contributed by atoms with Crippen LogP contribution in [-0.2, 0) is 9.53 Å². The molecular weight excluding hydrogens is 303 g/mol. The van der Waals surface area contributed by atoms with E-state index in [1.807, 2.05) is 0 Å². The fourth-order valence-electron chi connectivity index (χ4n) is 2.08. The maximum atomic E-state index is 13.5. The third-order valence-electron chi connectivity index (χ3n) is 3.29. The molecular formula is C13H14ClFN2O4. The van der Waals surface area contributed by atoms with E-state index in [0.29, 0.717) is 0 Å². The van der Waals surface area contributed by atoms with Crippen molar-refractivity contribution < 1.29 is 23.8 Å². The summed E-state index contributed by atoms with van der Waals surface area (Å²) in [6, 6.07) is 2.89. The third kappa shape index (κ3) is 3.62. The Bertz CT molecular complexity index is 561. The third-order valence-corrected chi connectivity index (χ3v) is 3.52. The van der Waals surface area contributed by atoms with Gasteiger partial charge in [0.05, 0.1) is 5.69 Å². The van der Waals surface area contributed by atoms with E-state index in [-0.39, 0.29) is 36.8 Å². The van der Waals surface area contributed by atoms with Crippen LogP contribution in [0, 0.1) is 5.82 Å². The number of halogens is 2. The lowest BCUT2D eigenvalue weighted by Crippen LogP contribution is -2.58. The number of carboxylic acids is 1. The van der Waals surface area contributed by atoms with Crippen molar-refractivity contribution >= 4 is 29.3 Å². The zero-order valence-corrected chi connectivity index (χ0v) is 11.7. The molecule has 0 bridgehead atoms. The van der Waals surface area contributed by atoms with E-state index < -0.39 is 23.4 Å². The second kappa shape index (κ2) is 6.28. The van der Waals surface area contributed by atoms with E-state index in [1.54, 1.807) is 0 Å². The predicted molar refractivity (Wildman–Crippen MR) is 74.0 cm³/mol. The van der Waals surface area contributed by atoms with Crippen molar-refractivity contribution in [2.24, 2.45) is 0 Å². The summed E-state index contributed by atoms with van der Waals surface area (Å²) in [6.45, 7) is 0.468. The number of hydrogen-bond acceptors (Lipinski definition) is 3. The van der Waals surface area contributed by atoms with Crippen molar-refractivity contribution in [2.75, 3.05) is 18.5 Å². The Morgan fingerprint density at radius 1 is 1.33 bits per heavy atom. The molecule has 3 N–H and O–H groups in total. The SMILES string of the molecule is O=C(Nc1cc(Cl)ccc1F)NC1(C(=O)O)CCOCC1. The summed E-state index contributed by atoms with van der Waals surface area (Å²) in [5.41, 5.74) is -1.52. The van der Waals surface area contributed by atoms with Gasteiger partial charge >= 0.3 is 12.0 Å². The lowest BCUT2D eigenvalue weighted by atomic mass is 9.90. The first kappa shape index (κ1) is 15.5. The Morgan fingerprint density at radius 3 is 2.62 bits per heavy atom. The van der Waals surface area contributed by atoms with Gasteiger partial charge in [0, 0.05) is 31.1 Å². The van der Waals surface area contributed by atoms with E-state index in [1.165, 1.54) is 12.1 Å². The van der Waals surface area contributed by atoms with Crippen LogP contribution in [0.15, 0.2) is 18.2 Å². The molecule has 0 saturated carbocycles. The monoisotopic (exact) mass is 316 g/mol. The highest BCUT2D eigenvalue weighted by Crippen LogP contribution is 2.23. The maximum Gasteiger partial charge on any atom is 0.329 e. The number of hydrogen-bond donors (Lipinski definition) is 3. The number of rotatable bonds is 3. The molecule has 0 atom stereocenters. The van der Waals surface area contributed by atoms with Crippen LogP contribution in [0.5, 0.6) is 0 Å². The molecule has 21 heavy (non-hydrogen) atoms. The topological polar surface area (TPSA) is 87.7 Å². The van der Waals surface area contributed by atoms with Gasteiger partial charge in [-0.3, -0.25) is 0 Å². The van der Waals surface area contributed by atoms with Crippen LogP contribution < -0.4 is 10.6 Å². The summed E-state index contributed by atoms with van der Waals surface area (Å²) >= 11 is 5.72. The summed E-state index contributed by atoms with van der Waals surface area (Å²) in [4.78, 5) is 23.3. The van der Waals surface area contributed by atoms with Gasteiger partial charge < -0.3 is 20.5 Å². The van der Waals surface area contributed by atoms with Crippen LogP contribution in [0.4, 0.5) is 14.9 Å². The van der Waals surface area contributed by atoms with Crippen LogP contribution in [0.1, 0.15) is 12.8 Å². The Labute approximate surface area is 125 Å². The van der Waals surface area contributed by atoms with Gasteiger partial charge in [-0.05, 0) is 18.2 Å². The van der Waals surface area contributed by atoms with E-state index in [4.69, 9.17) is 16.3 Å². The number of ether oxygens (including phenoxy) is 1. The number of anilines is 1. The maximum absolute atomic E-state index is 13.5. The molecule has 0 unspecified atom stereocenters. The minimum atomic E-state index is -1.41. The molecule has 1 aliphatic heterocycles. The van der Waals surface area contributed by atoms with Gasteiger partial charge in [-0.25, -0.2) is 14.0 Å². The first-order valence-corrected chi connectivity index (χ1v) is 6.66. The zero-order valence-electron chi connectivity index (χ0n) is 11.0. The van der Waals surface area contributed by atoms with E-state index in [0.717, 1.165) is 6.07 Å². The Kier molecular flexibility index (Phi) is 4.64. The summed E-state index contributed by atoms with van der Waals surface area (Å²) in [7, 11) is 0. The molecule has 2 amide bonds. The average molecular weight is 317 g/mol. The molecule has 1 fully saturated rings. The summed E-state index contributed by atoms with van der Waals surface area (Å²) < 4.78 is 18.6. The van der Waals surface area contributed by atoms with Crippen LogP contribution in [0.25, 0.3) is 0 Å². The molecule has 1 aromatic rings. The Balaban J connectivity index is 2.09. The highest BCUT2D eigenvalue weighted by molar-refractivity contribution is 6.30. The van der Waals surface area contributed by atoms with Crippen molar-refractivity contribution in [3.63, 3.8) is 0 Å². The number of carbonyl (C=O) groups is 2. The number of carboxylic acid groups (broad SMARTS) is 1. The molecule has 0 aromatic heterocycles. The van der Waals surface area contributed by atoms with Crippen LogP contribution in [0.3, 0.4) is 0 Å². The van der Waals surface area contributed by atoms with Crippen molar-refractivity contribution in [3.8, 4) is 0 Å². The number of nitrogens with one attached hydrogen (secondary N) is 2. The first-order chi connectivity index (χ1) is 9.93. The second-order valence-corrected chi connectivity index (χ2v) is 5.14. The van der Waals surface area contributed by atoms with Gasteiger partial charge in [-0.15, -0.1) is 0 Å². The lowest BCUT2D eigenvalue weighted by molar-refractivity contribution is -0.148. The molecule has 6 nitrogen and oxygen atoms in total. The van der Waals surface area contributed by atoms with Crippen LogP contribution >= 0.6 is 11.6 Å². The molecule has 2 rings (SSSR count). The highest BCUT2D eigenvalue weighted by atomic mass is 35.5. The van der Waals surface area contributed by atoms with Gasteiger partial charge in [0.15, 0.2) is 0 Å². The molecule has 1 aliphatic rings. The van der Waals surface area contributed by atoms with Crippen molar-refractivity contribution in [1.82, 2.24) is 5.32 Å². The van der Waals surface area contributed by atoms with Gasteiger partial charge in [0.1, 0.15) is 11.4 Å². The summed E-state index contributed by atoms with van der Waals surface area (Å²) in [5, 5.41) is 14.2. The largest absolute Gasteiger partial charge is 0.480 e. The van der Waals surface area contributed by atoms with Gasteiger partial charge in [0.2, 0.25) is 0 Å². The Hall–Kier alpha value is -1.86. The smallest absolute Gasteiger partial charge is 0.329 e. The number of urea groups is 1. The molecule has 1 saturated heterocycles. The number of benzene rings is 1. The molecule has 0 radical (unpaired) electrons. The fraction of sp³-hybridized carbons (Fsp3) is 0.385. The summed E-state index contributed by atoms with van der Waals surface area (Å²) in [6.07, 6.45) is 0.293. The first-order valence-electron chi connectivity index (χ1n) is 6.28. The molecule has 1 aromatic carbocycles.